The molecule has 0 aliphatic heterocycles. The second kappa shape index (κ2) is 6.02. The maximum Gasteiger partial charge on any atom is 0.224 e. The van der Waals surface area contributed by atoms with E-state index in [9.17, 15) is 4.79 Å². The van der Waals surface area contributed by atoms with E-state index in [0.717, 1.165) is 10.0 Å². The molecule has 94 valence electrons. The molecule has 0 aliphatic rings. The number of nitrogens with two attached hydrogens (primary N) is 2. The highest BCUT2D eigenvalue weighted by molar-refractivity contribution is 9.10. The van der Waals surface area contributed by atoms with Gasteiger partial charge in [0.25, 0.3) is 0 Å². The van der Waals surface area contributed by atoms with Crippen molar-refractivity contribution in [3.05, 3.63) is 22.2 Å². The van der Waals surface area contributed by atoms with E-state index in [1.807, 2.05) is 19.9 Å². The van der Waals surface area contributed by atoms with E-state index in [2.05, 4.69) is 21.2 Å². The Labute approximate surface area is 110 Å². The fourth-order valence-electron chi connectivity index (χ4n) is 1.43. The van der Waals surface area contributed by atoms with Crippen molar-refractivity contribution in [3.8, 4) is 0 Å². The van der Waals surface area contributed by atoms with Crippen molar-refractivity contribution < 1.29 is 4.79 Å². The molecule has 5 N–H and O–H groups in total. The van der Waals surface area contributed by atoms with Crippen LogP contribution in [0.3, 0.4) is 0 Å². The fourth-order valence-corrected chi connectivity index (χ4v) is 2.00. The summed E-state index contributed by atoms with van der Waals surface area (Å²) in [5, 5.41) is 2.80. The number of hydrogen-bond acceptors (Lipinski definition) is 3. The minimum absolute atomic E-state index is 0.0299. The van der Waals surface area contributed by atoms with Crippen LogP contribution in [0.25, 0.3) is 0 Å². The van der Waals surface area contributed by atoms with Crippen LogP contribution in [-0.4, -0.2) is 11.9 Å². The summed E-state index contributed by atoms with van der Waals surface area (Å²) >= 11 is 3.37. The molecule has 1 rings (SSSR count). The number of anilines is 2. The number of aryl methyl sites for hydroxylation is 1. The van der Waals surface area contributed by atoms with E-state index in [4.69, 9.17) is 11.5 Å². The summed E-state index contributed by atoms with van der Waals surface area (Å²) in [6, 6.07) is 3.74. The lowest BCUT2D eigenvalue weighted by Gasteiger charge is -2.11. The van der Waals surface area contributed by atoms with Crippen LogP contribution in [0.4, 0.5) is 11.4 Å². The molecule has 1 aromatic rings. The van der Waals surface area contributed by atoms with Crippen molar-refractivity contribution >= 4 is 33.2 Å². The lowest BCUT2D eigenvalue weighted by atomic mass is 10.1. The lowest BCUT2D eigenvalue weighted by Crippen LogP contribution is -2.20. The van der Waals surface area contributed by atoms with E-state index >= 15 is 0 Å². The van der Waals surface area contributed by atoms with Crippen molar-refractivity contribution in [1.29, 1.82) is 0 Å². The van der Waals surface area contributed by atoms with Crippen LogP contribution in [-0.2, 0) is 4.79 Å². The summed E-state index contributed by atoms with van der Waals surface area (Å²) in [4.78, 5) is 11.7. The summed E-state index contributed by atoms with van der Waals surface area (Å²) in [6.45, 7) is 3.78. The molecule has 0 fully saturated rings. The van der Waals surface area contributed by atoms with Gasteiger partial charge in [0.15, 0.2) is 0 Å². The zero-order valence-corrected chi connectivity index (χ0v) is 11.7. The smallest absolute Gasteiger partial charge is 0.224 e. The van der Waals surface area contributed by atoms with Gasteiger partial charge < -0.3 is 16.8 Å². The molecule has 1 atom stereocenters. The predicted octanol–water partition coefficient (Wildman–Crippen LogP) is 2.41. The summed E-state index contributed by atoms with van der Waals surface area (Å²) in [5.41, 5.74) is 13.7. The standard InChI is InChI=1S/C12H18BrN3O/c1-7-5-9(13)6-10(12(7)15)16-11(17)4-3-8(2)14/h5-6,8H,3-4,14-15H2,1-2H3,(H,16,17). The van der Waals surface area contributed by atoms with Gasteiger partial charge in [0.1, 0.15) is 0 Å². The van der Waals surface area contributed by atoms with Crippen molar-refractivity contribution in [3.63, 3.8) is 0 Å². The molecule has 0 spiro atoms. The Balaban J connectivity index is 2.71. The van der Waals surface area contributed by atoms with Crippen LogP contribution in [0.1, 0.15) is 25.3 Å². The van der Waals surface area contributed by atoms with E-state index in [-0.39, 0.29) is 11.9 Å². The number of amides is 1. The molecule has 0 aromatic heterocycles. The predicted molar refractivity (Wildman–Crippen MR) is 74.8 cm³/mol. The van der Waals surface area contributed by atoms with Crippen LogP contribution in [0.2, 0.25) is 0 Å². The summed E-state index contributed by atoms with van der Waals surface area (Å²) in [7, 11) is 0. The van der Waals surface area contributed by atoms with Gasteiger partial charge in [-0.05, 0) is 38.0 Å². The van der Waals surface area contributed by atoms with Crippen LogP contribution in [0, 0.1) is 6.92 Å². The third-order valence-corrected chi connectivity index (χ3v) is 2.91. The highest BCUT2D eigenvalue weighted by atomic mass is 79.9. The Bertz CT molecular complexity index is 418. The minimum atomic E-state index is -0.0634. The topological polar surface area (TPSA) is 81.1 Å². The Morgan fingerprint density at radius 3 is 2.76 bits per heavy atom. The first-order chi connectivity index (χ1) is 7.90. The van der Waals surface area contributed by atoms with Crippen LogP contribution in [0.15, 0.2) is 16.6 Å². The first-order valence-corrected chi connectivity index (χ1v) is 6.30. The van der Waals surface area contributed by atoms with Gasteiger partial charge in [-0.3, -0.25) is 4.79 Å². The monoisotopic (exact) mass is 299 g/mol. The Hall–Kier alpha value is -1.07. The summed E-state index contributed by atoms with van der Waals surface area (Å²) in [5.74, 6) is -0.0634. The van der Waals surface area contributed by atoms with Crippen molar-refractivity contribution in [2.75, 3.05) is 11.1 Å². The number of nitrogens with one attached hydrogen (secondary N) is 1. The molecule has 17 heavy (non-hydrogen) atoms. The maximum absolute atomic E-state index is 11.7. The van der Waals surface area contributed by atoms with Gasteiger partial charge in [-0.15, -0.1) is 0 Å². The second-order valence-corrected chi connectivity index (χ2v) is 5.16. The molecular formula is C12H18BrN3O. The largest absolute Gasteiger partial charge is 0.397 e. The van der Waals surface area contributed by atoms with Gasteiger partial charge in [-0.25, -0.2) is 0 Å². The zero-order chi connectivity index (χ0) is 13.0. The molecule has 0 saturated heterocycles. The average Bonchev–Trinajstić information content (AvgIpc) is 2.22. The van der Waals surface area contributed by atoms with Gasteiger partial charge in [0.05, 0.1) is 11.4 Å². The molecule has 0 saturated carbocycles. The molecular weight excluding hydrogens is 282 g/mol. The second-order valence-electron chi connectivity index (χ2n) is 4.25. The van der Waals surface area contributed by atoms with E-state index in [1.54, 1.807) is 6.07 Å². The number of carbonyl (C=O) groups is 1. The average molecular weight is 300 g/mol. The van der Waals surface area contributed by atoms with Crippen LogP contribution < -0.4 is 16.8 Å². The van der Waals surface area contributed by atoms with Gasteiger partial charge in [0.2, 0.25) is 5.91 Å². The van der Waals surface area contributed by atoms with Gasteiger partial charge in [-0.1, -0.05) is 15.9 Å². The van der Waals surface area contributed by atoms with Crippen LogP contribution >= 0.6 is 15.9 Å². The zero-order valence-electron chi connectivity index (χ0n) is 10.1. The summed E-state index contributed by atoms with van der Waals surface area (Å²) < 4.78 is 0.895. The first-order valence-electron chi connectivity index (χ1n) is 5.51. The van der Waals surface area contributed by atoms with Crippen LogP contribution in [0.5, 0.6) is 0 Å². The quantitative estimate of drug-likeness (QED) is 0.747. The number of carbonyl (C=O) groups excluding carboxylic acids is 1. The van der Waals surface area contributed by atoms with Crippen molar-refractivity contribution in [2.45, 2.75) is 32.7 Å². The van der Waals surface area contributed by atoms with Gasteiger partial charge in [0, 0.05) is 16.9 Å². The third kappa shape index (κ3) is 4.36. The molecule has 0 heterocycles. The molecule has 1 unspecified atom stereocenters. The molecule has 1 amide bonds. The molecule has 1 aromatic carbocycles. The number of nitrogen functional groups attached to an aromatic ring is 1. The Morgan fingerprint density at radius 1 is 1.53 bits per heavy atom. The van der Waals surface area contributed by atoms with E-state index in [0.29, 0.717) is 24.2 Å². The summed E-state index contributed by atoms with van der Waals surface area (Å²) in [6.07, 6.45) is 1.07. The van der Waals surface area contributed by atoms with Crippen molar-refractivity contribution in [1.82, 2.24) is 0 Å². The Kier molecular flexibility index (Phi) is 4.96. The molecule has 0 bridgehead atoms. The maximum atomic E-state index is 11.7. The first kappa shape index (κ1) is 14.0. The SMILES string of the molecule is Cc1cc(Br)cc(NC(=O)CCC(C)N)c1N. The lowest BCUT2D eigenvalue weighted by molar-refractivity contribution is -0.116. The molecule has 0 aliphatic carbocycles. The third-order valence-electron chi connectivity index (χ3n) is 2.45. The number of halogens is 1. The number of benzene rings is 1. The van der Waals surface area contributed by atoms with E-state index < -0.39 is 0 Å². The van der Waals surface area contributed by atoms with E-state index in [1.165, 1.54) is 0 Å². The van der Waals surface area contributed by atoms with Crippen molar-refractivity contribution in [2.24, 2.45) is 5.73 Å². The van der Waals surface area contributed by atoms with Gasteiger partial charge in [-0.2, -0.15) is 0 Å². The normalized spacial score (nSPS) is 12.2. The highest BCUT2D eigenvalue weighted by Gasteiger charge is 2.08. The molecule has 4 nitrogen and oxygen atoms in total. The minimum Gasteiger partial charge on any atom is -0.397 e. The van der Waals surface area contributed by atoms with Gasteiger partial charge >= 0.3 is 0 Å². The Morgan fingerprint density at radius 2 is 2.18 bits per heavy atom. The molecule has 0 radical (unpaired) electrons. The number of hydrogen-bond donors (Lipinski definition) is 3. The number of rotatable bonds is 4. The molecule has 5 heteroatoms. The fraction of sp³-hybridized carbons (Fsp3) is 0.417. The highest BCUT2D eigenvalue weighted by Crippen LogP contribution is 2.27.